The van der Waals surface area contributed by atoms with Crippen molar-refractivity contribution >= 4 is 17.8 Å². The van der Waals surface area contributed by atoms with Gasteiger partial charge in [0, 0.05) is 32.9 Å². The summed E-state index contributed by atoms with van der Waals surface area (Å²) in [4.78, 5) is 38.2. The molecule has 7 heteroatoms. The highest BCUT2D eigenvalue weighted by Crippen LogP contribution is 2.21. The number of esters is 1. The van der Waals surface area contributed by atoms with Gasteiger partial charge in [-0.2, -0.15) is 0 Å². The highest BCUT2D eigenvalue weighted by atomic mass is 16.5. The van der Waals surface area contributed by atoms with Gasteiger partial charge in [0.25, 0.3) is 0 Å². The van der Waals surface area contributed by atoms with Gasteiger partial charge in [0.15, 0.2) is 0 Å². The van der Waals surface area contributed by atoms with Crippen LogP contribution in [0.15, 0.2) is 54.6 Å². The lowest BCUT2D eigenvalue weighted by Crippen LogP contribution is -2.44. The van der Waals surface area contributed by atoms with Gasteiger partial charge in [-0.15, -0.1) is 0 Å². The van der Waals surface area contributed by atoms with Crippen molar-refractivity contribution in [2.24, 2.45) is 5.92 Å². The molecule has 0 radical (unpaired) electrons. The smallest absolute Gasteiger partial charge is 0.328 e. The summed E-state index contributed by atoms with van der Waals surface area (Å²) in [6.07, 6.45) is 2.26. The van der Waals surface area contributed by atoms with Crippen LogP contribution in [0.25, 0.3) is 0 Å². The Bertz CT molecular complexity index is 921. The Kier molecular flexibility index (Phi) is 8.87. The molecule has 0 spiro atoms. The Morgan fingerprint density at radius 2 is 1.67 bits per heavy atom. The molecule has 1 saturated heterocycles. The van der Waals surface area contributed by atoms with Gasteiger partial charge < -0.3 is 19.7 Å². The number of likely N-dealkylation sites (tertiary alicyclic amines) is 1. The zero-order valence-corrected chi connectivity index (χ0v) is 19.3. The summed E-state index contributed by atoms with van der Waals surface area (Å²) in [5.41, 5.74) is 1.98. The first kappa shape index (κ1) is 24.3. The minimum Gasteiger partial charge on any atom is -0.489 e. The topological polar surface area (TPSA) is 84.9 Å². The minimum absolute atomic E-state index is 0.0696. The average molecular weight is 453 g/mol. The van der Waals surface area contributed by atoms with Crippen molar-refractivity contribution in [2.75, 3.05) is 20.2 Å². The molecule has 2 aromatic rings. The molecule has 1 N–H and O–H groups in total. The van der Waals surface area contributed by atoms with Gasteiger partial charge in [-0.05, 0) is 42.0 Å². The fourth-order valence-corrected chi connectivity index (χ4v) is 4.00. The molecule has 0 bridgehead atoms. The monoisotopic (exact) mass is 452 g/mol. The summed E-state index contributed by atoms with van der Waals surface area (Å²) in [5.74, 6) is 0.367. The third-order valence-electron chi connectivity index (χ3n) is 5.97. The van der Waals surface area contributed by atoms with Crippen molar-refractivity contribution < 1.29 is 23.9 Å². The lowest BCUT2D eigenvalue weighted by atomic mass is 9.93. The molecule has 2 amide bonds. The third kappa shape index (κ3) is 7.63. The van der Waals surface area contributed by atoms with Crippen LogP contribution in [0, 0.1) is 5.92 Å². The maximum Gasteiger partial charge on any atom is 0.328 e. The zero-order chi connectivity index (χ0) is 23.6. The summed E-state index contributed by atoms with van der Waals surface area (Å²) in [6.45, 7) is 3.39. The second-order valence-electron chi connectivity index (χ2n) is 8.42. The SMILES string of the molecule is COC(=O)[C@H](Cc1ccc(OCc2ccccc2)cc1)NC(=O)CC1CCN(C(C)=O)CC1. The summed E-state index contributed by atoms with van der Waals surface area (Å²) in [5, 5.41) is 2.83. The van der Waals surface area contributed by atoms with Gasteiger partial charge in [0.05, 0.1) is 7.11 Å². The van der Waals surface area contributed by atoms with E-state index in [4.69, 9.17) is 9.47 Å². The third-order valence-corrected chi connectivity index (χ3v) is 5.97. The molecule has 33 heavy (non-hydrogen) atoms. The van der Waals surface area contributed by atoms with E-state index in [1.54, 1.807) is 11.8 Å². The molecule has 1 fully saturated rings. The number of ether oxygens (including phenoxy) is 2. The van der Waals surface area contributed by atoms with E-state index in [-0.39, 0.29) is 17.7 Å². The molecular weight excluding hydrogens is 420 g/mol. The molecule has 0 aromatic heterocycles. The second-order valence-corrected chi connectivity index (χ2v) is 8.42. The van der Waals surface area contributed by atoms with E-state index in [0.717, 1.165) is 29.7 Å². The lowest BCUT2D eigenvalue weighted by molar-refractivity contribution is -0.145. The number of benzene rings is 2. The van der Waals surface area contributed by atoms with Gasteiger partial charge in [0.2, 0.25) is 11.8 Å². The lowest BCUT2D eigenvalue weighted by Gasteiger charge is -2.31. The summed E-state index contributed by atoms with van der Waals surface area (Å²) in [6, 6.07) is 16.7. The van der Waals surface area contributed by atoms with E-state index in [1.165, 1.54) is 7.11 Å². The van der Waals surface area contributed by atoms with Crippen LogP contribution in [0.4, 0.5) is 0 Å². The molecule has 1 atom stereocenters. The predicted molar refractivity (Wildman–Crippen MR) is 124 cm³/mol. The number of carbonyl (C=O) groups excluding carboxylic acids is 3. The number of methoxy groups -OCH3 is 1. The number of hydrogen-bond donors (Lipinski definition) is 1. The normalized spacial score (nSPS) is 14.9. The summed E-state index contributed by atoms with van der Waals surface area (Å²) >= 11 is 0. The molecule has 3 rings (SSSR count). The van der Waals surface area contributed by atoms with E-state index in [0.29, 0.717) is 32.5 Å². The number of rotatable bonds is 9. The molecule has 176 valence electrons. The van der Waals surface area contributed by atoms with Crippen LogP contribution in [0.2, 0.25) is 0 Å². The summed E-state index contributed by atoms with van der Waals surface area (Å²) < 4.78 is 10.7. The van der Waals surface area contributed by atoms with Crippen LogP contribution in [0.5, 0.6) is 5.75 Å². The zero-order valence-electron chi connectivity index (χ0n) is 19.3. The highest BCUT2D eigenvalue weighted by molar-refractivity contribution is 5.84. The number of amides is 2. The molecule has 2 aromatic carbocycles. The number of hydrogen-bond acceptors (Lipinski definition) is 5. The first-order chi connectivity index (χ1) is 15.9. The van der Waals surface area contributed by atoms with Crippen molar-refractivity contribution in [1.82, 2.24) is 10.2 Å². The molecule has 0 unspecified atom stereocenters. The largest absolute Gasteiger partial charge is 0.489 e. The van der Waals surface area contributed by atoms with Crippen molar-refractivity contribution in [3.05, 3.63) is 65.7 Å². The first-order valence-electron chi connectivity index (χ1n) is 11.3. The summed E-state index contributed by atoms with van der Waals surface area (Å²) in [7, 11) is 1.32. The van der Waals surface area contributed by atoms with E-state index in [2.05, 4.69) is 5.32 Å². The van der Waals surface area contributed by atoms with Crippen LogP contribution in [-0.4, -0.2) is 48.9 Å². The van der Waals surface area contributed by atoms with Crippen LogP contribution in [-0.2, 0) is 32.1 Å². The number of carbonyl (C=O) groups is 3. The Morgan fingerprint density at radius 1 is 1.00 bits per heavy atom. The Labute approximate surface area is 195 Å². The van der Waals surface area contributed by atoms with Gasteiger partial charge in [-0.25, -0.2) is 4.79 Å². The fraction of sp³-hybridized carbons (Fsp3) is 0.423. The maximum atomic E-state index is 12.6. The van der Waals surface area contributed by atoms with Crippen molar-refractivity contribution in [2.45, 2.75) is 45.3 Å². The van der Waals surface area contributed by atoms with Crippen molar-refractivity contribution in [1.29, 1.82) is 0 Å². The highest BCUT2D eigenvalue weighted by Gasteiger charge is 2.26. The number of nitrogens with zero attached hydrogens (tertiary/aromatic N) is 1. The van der Waals surface area contributed by atoms with Gasteiger partial charge in [0.1, 0.15) is 18.4 Å². The standard InChI is InChI=1S/C26H32N2O5/c1-19(29)28-14-12-21(13-15-28)17-25(30)27-24(26(31)32-2)16-20-8-10-23(11-9-20)33-18-22-6-4-3-5-7-22/h3-11,21,24H,12-18H2,1-2H3,(H,27,30)/t24-/m0/s1. The van der Waals surface area contributed by atoms with E-state index in [1.807, 2.05) is 54.6 Å². The van der Waals surface area contributed by atoms with E-state index < -0.39 is 12.0 Å². The molecule has 1 aliphatic heterocycles. The Hall–Kier alpha value is -3.35. The first-order valence-corrected chi connectivity index (χ1v) is 11.3. The van der Waals surface area contributed by atoms with Gasteiger partial charge in [-0.1, -0.05) is 42.5 Å². The van der Waals surface area contributed by atoms with Crippen LogP contribution in [0.3, 0.4) is 0 Å². The van der Waals surface area contributed by atoms with Crippen LogP contribution < -0.4 is 10.1 Å². The van der Waals surface area contributed by atoms with Crippen LogP contribution >= 0.6 is 0 Å². The fourth-order valence-electron chi connectivity index (χ4n) is 4.00. The Balaban J connectivity index is 1.51. The molecule has 1 heterocycles. The average Bonchev–Trinajstić information content (AvgIpc) is 2.83. The van der Waals surface area contributed by atoms with Crippen LogP contribution in [0.1, 0.15) is 37.3 Å². The number of piperidine rings is 1. The molecule has 7 nitrogen and oxygen atoms in total. The molecular formula is C26H32N2O5. The van der Waals surface area contributed by atoms with Crippen molar-refractivity contribution in [3.63, 3.8) is 0 Å². The Morgan fingerprint density at radius 3 is 2.27 bits per heavy atom. The molecule has 0 saturated carbocycles. The predicted octanol–water partition coefficient (Wildman–Crippen LogP) is 3.11. The number of nitrogens with one attached hydrogen (secondary N) is 1. The minimum atomic E-state index is -0.754. The van der Waals surface area contributed by atoms with E-state index in [9.17, 15) is 14.4 Å². The van der Waals surface area contributed by atoms with Gasteiger partial charge >= 0.3 is 5.97 Å². The van der Waals surface area contributed by atoms with Gasteiger partial charge in [-0.3, -0.25) is 9.59 Å². The quantitative estimate of drug-likeness (QED) is 0.591. The van der Waals surface area contributed by atoms with E-state index >= 15 is 0 Å². The van der Waals surface area contributed by atoms with Crippen molar-refractivity contribution in [3.8, 4) is 5.75 Å². The maximum absolute atomic E-state index is 12.6. The molecule has 1 aliphatic rings. The second kappa shape index (κ2) is 12.0. The molecule has 0 aliphatic carbocycles.